The van der Waals surface area contributed by atoms with Crippen molar-refractivity contribution in [1.29, 1.82) is 0 Å². The molecule has 2 amide bonds. The highest BCUT2D eigenvalue weighted by Gasteiger charge is 2.50. The van der Waals surface area contributed by atoms with E-state index in [0.29, 0.717) is 61.4 Å². The van der Waals surface area contributed by atoms with Crippen molar-refractivity contribution >= 4 is 113 Å². The number of anilines is 1. The summed E-state index contributed by atoms with van der Waals surface area (Å²) in [6, 6.07) is 18.3. The minimum Gasteiger partial charge on any atom is -0.482 e. The lowest BCUT2D eigenvalue weighted by Gasteiger charge is -2.30. The molecule has 0 radical (unpaired) electrons. The van der Waals surface area contributed by atoms with Crippen LogP contribution in [0.5, 0.6) is 5.75 Å². The normalized spacial score (nSPS) is 19.3. The van der Waals surface area contributed by atoms with Gasteiger partial charge in [-0.1, -0.05) is 30.3 Å². The highest BCUT2D eigenvalue weighted by Crippen LogP contribution is 2.54. The minimum atomic E-state index is -5.18. The number of imide groups is 1. The number of rotatable bonds is 25. The molecule has 0 spiro atoms. The van der Waals surface area contributed by atoms with E-state index in [9.17, 15) is 79.2 Å². The summed E-state index contributed by atoms with van der Waals surface area (Å²) in [6.07, 6.45) is 6.51. The Morgan fingerprint density at radius 3 is 1.87 bits per heavy atom. The fraction of sp³-hybridized carbons (Fsp3) is 0.345. The molecule has 3 aliphatic heterocycles. The maximum absolute atomic E-state index is 13.0. The average Bonchev–Trinajstić information content (AvgIpc) is 1.67. The monoisotopic (exact) mass is 1270 g/mol. The second-order valence-corrected chi connectivity index (χ2v) is 28.1. The van der Waals surface area contributed by atoms with E-state index in [4.69, 9.17) is 19.0 Å². The minimum absolute atomic E-state index is 0.00849. The Labute approximate surface area is 490 Å². The van der Waals surface area contributed by atoms with E-state index in [1.54, 1.807) is 60.1 Å². The van der Waals surface area contributed by atoms with Crippen LogP contribution >= 0.6 is 0 Å². The molecule has 25 nitrogen and oxygen atoms in total. The Morgan fingerprint density at radius 2 is 1.27 bits per heavy atom. The molecule has 8 rings (SSSR count). The number of amides is 2. The molecule has 3 aliphatic rings. The number of methoxy groups -OCH3 is 2. The number of carbonyl (C=O) groups is 3. The van der Waals surface area contributed by atoms with Gasteiger partial charge in [0.15, 0.2) is 12.3 Å². The summed E-state index contributed by atoms with van der Waals surface area (Å²) in [7, 11) is -21.2. The van der Waals surface area contributed by atoms with E-state index < -0.39 is 112 Å². The van der Waals surface area contributed by atoms with Crippen LogP contribution in [0, 0.1) is 0 Å². The van der Waals surface area contributed by atoms with Gasteiger partial charge in [-0.25, -0.2) is 4.79 Å². The van der Waals surface area contributed by atoms with Crippen molar-refractivity contribution in [2.75, 3.05) is 63.5 Å². The topological polar surface area (TPSA) is 369 Å². The van der Waals surface area contributed by atoms with Crippen molar-refractivity contribution in [3.05, 3.63) is 126 Å². The first-order chi connectivity index (χ1) is 39.7. The molecular weight excluding hydrogens is 1210 g/mol. The molecule has 1 saturated heterocycles. The quantitative estimate of drug-likeness (QED) is 0.0193. The first-order valence-corrected chi connectivity index (χ1v) is 33.5. The SMILES string of the molecule is COCCC1(C)C(/C=C/C(=C/C=C2/N(CCCS(=O)(=O)O)c3ccc4ccc(S(=O)(=O)O)cc4c3C2(C)CCOC)c2ccc(OCC(=O)ON3C(=O)CCC3=O)cc2)=[N+](CCCS(=O)(=O)O)c2ccc3c(S(=O)(=O)O)cc(S(=O)(=O)O)cc3c21. The predicted molar refractivity (Wildman–Crippen MR) is 309 cm³/mol. The van der Waals surface area contributed by atoms with Crippen LogP contribution in [0.15, 0.2) is 124 Å². The van der Waals surface area contributed by atoms with E-state index in [2.05, 4.69) is 0 Å². The third kappa shape index (κ3) is 14.1. The summed E-state index contributed by atoms with van der Waals surface area (Å²) in [5, 5.41) is 1.21. The summed E-state index contributed by atoms with van der Waals surface area (Å²) >= 11 is 0. The molecule has 1 fully saturated rings. The van der Waals surface area contributed by atoms with Crippen molar-refractivity contribution < 1.29 is 103 Å². The van der Waals surface area contributed by atoms with Crippen LogP contribution in [-0.2, 0) is 90.1 Å². The number of allylic oxidation sites excluding steroid dienone is 6. The molecule has 0 aromatic heterocycles. The first-order valence-electron chi connectivity index (χ1n) is 26.0. The van der Waals surface area contributed by atoms with E-state index in [0.717, 1.165) is 6.07 Å². The van der Waals surface area contributed by atoms with E-state index in [1.807, 2.05) is 11.8 Å². The number of hydroxylamine groups is 2. The van der Waals surface area contributed by atoms with Gasteiger partial charge in [-0.05, 0) is 127 Å². The summed E-state index contributed by atoms with van der Waals surface area (Å²) < 4.78 is 195. The molecule has 85 heavy (non-hydrogen) atoms. The molecular formula is C55H60N3O22S5+. The Hall–Kier alpha value is -6.81. The van der Waals surface area contributed by atoms with Crippen LogP contribution in [0.2, 0.25) is 0 Å². The van der Waals surface area contributed by atoms with Crippen molar-refractivity contribution in [1.82, 2.24) is 5.06 Å². The number of hydrogen-bond acceptors (Lipinski definition) is 18. The smallest absolute Gasteiger partial charge is 0.370 e. The van der Waals surface area contributed by atoms with Crippen molar-refractivity contribution in [2.45, 2.75) is 77.9 Å². The largest absolute Gasteiger partial charge is 0.482 e. The lowest BCUT2D eigenvalue weighted by atomic mass is 9.74. The maximum atomic E-state index is 13.0. The van der Waals surface area contributed by atoms with Gasteiger partial charge < -0.3 is 23.9 Å². The van der Waals surface area contributed by atoms with Crippen LogP contribution in [0.1, 0.15) is 69.1 Å². The standard InChI is InChI=1S/C55H59N3O22S5/c1-54(23-27-77-3)47(56(25-5-29-81(62,63)64)44-17-10-37-9-15-39(83(68,69)70)31-42(37)52(44)54)19-11-36(35-7-13-38(14-8-35)79-34-51(61)80-58-49(59)21-22-50(58)60)12-20-48-55(2,24-28-78-4)53-43-32-40(84(71,72)73)33-46(85(74,75)76)41(43)16-18-45(53)57(48)26-6-30-82(65,66)67/h7-20,31-33H,5-6,21-30,34H2,1-4H3,(H4-,62,63,64,65,66,67,68,69,70,71,72,73,74,75,76)/p+1. The van der Waals surface area contributed by atoms with Crippen LogP contribution < -0.4 is 9.64 Å². The lowest BCUT2D eigenvalue weighted by Crippen LogP contribution is -2.33. The average molecular weight is 1280 g/mol. The molecule has 5 N–H and O–H groups in total. The second kappa shape index (κ2) is 24.5. The molecule has 30 heteroatoms. The molecule has 5 aromatic carbocycles. The summed E-state index contributed by atoms with van der Waals surface area (Å²) in [5.74, 6) is -3.68. The van der Waals surface area contributed by atoms with E-state index in [1.165, 1.54) is 56.7 Å². The molecule has 2 unspecified atom stereocenters. The first kappa shape index (κ1) is 64.2. The number of benzene rings is 5. The van der Waals surface area contributed by atoms with Gasteiger partial charge in [0, 0.05) is 93.1 Å². The third-order valence-corrected chi connectivity index (χ3v) is 19.2. The second-order valence-electron chi connectivity index (χ2n) is 20.7. The fourth-order valence-corrected chi connectivity index (χ4v) is 13.9. The highest BCUT2D eigenvalue weighted by molar-refractivity contribution is 7.87. The highest BCUT2D eigenvalue weighted by atomic mass is 32.2. The van der Waals surface area contributed by atoms with Crippen LogP contribution in [-0.4, -0.2) is 157 Å². The zero-order chi connectivity index (χ0) is 62.2. The van der Waals surface area contributed by atoms with Gasteiger partial charge >= 0.3 is 5.97 Å². The van der Waals surface area contributed by atoms with Gasteiger partial charge in [0.25, 0.3) is 62.4 Å². The Morgan fingerprint density at radius 1 is 0.671 bits per heavy atom. The van der Waals surface area contributed by atoms with Crippen molar-refractivity contribution in [3.8, 4) is 5.75 Å². The van der Waals surface area contributed by atoms with E-state index in [-0.39, 0.29) is 86.9 Å². The van der Waals surface area contributed by atoms with Gasteiger partial charge in [-0.3, -0.25) is 32.4 Å². The summed E-state index contributed by atoms with van der Waals surface area (Å²) in [6.45, 7) is 2.87. The zero-order valence-corrected chi connectivity index (χ0v) is 50.1. The van der Waals surface area contributed by atoms with Crippen molar-refractivity contribution in [3.63, 3.8) is 0 Å². The Kier molecular flexibility index (Phi) is 18.5. The number of fused-ring (bicyclic) bond motifs is 6. The Bertz CT molecular complexity index is 4260. The molecule has 0 bridgehead atoms. The number of hydrogen-bond donors (Lipinski definition) is 5. The maximum Gasteiger partial charge on any atom is 0.370 e. The molecule has 5 aromatic rings. The predicted octanol–water partition coefficient (Wildman–Crippen LogP) is 6.01. The van der Waals surface area contributed by atoms with Gasteiger partial charge in [-0.2, -0.15) is 46.7 Å². The van der Waals surface area contributed by atoms with Gasteiger partial charge in [-0.15, -0.1) is 5.06 Å². The molecule has 456 valence electrons. The molecule has 2 atom stereocenters. The van der Waals surface area contributed by atoms with Crippen LogP contribution in [0.4, 0.5) is 11.4 Å². The van der Waals surface area contributed by atoms with Gasteiger partial charge in [0.1, 0.15) is 17.2 Å². The Balaban J connectivity index is 1.36. The number of carbonyl (C=O) groups excluding carboxylic acids is 3. The molecule has 0 aliphatic carbocycles. The zero-order valence-electron chi connectivity index (χ0n) is 46.1. The van der Waals surface area contributed by atoms with Gasteiger partial charge in [0.05, 0.1) is 26.7 Å². The molecule has 3 heterocycles. The van der Waals surface area contributed by atoms with Gasteiger partial charge in [0.2, 0.25) is 5.69 Å². The number of ether oxygens (including phenoxy) is 3. The lowest BCUT2D eigenvalue weighted by molar-refractivity contribution is -0.437. The molecule has 0 saturated carbocycles. The fourth-order valence-electron chi connectivity index (χ4n) is 11.1. The third-order valence-electron chi connectivity index (χ3n) is 15.1. The summed E-state index contributed by atoms with van der Waals surface area (Å²) in [5.41, 5.74) is 0.986. The summed E-state index contributed by atoms with van der Waals surface area (Å²) in [4.78, 5) is 41.6. The van der Waals surface area contributed by atoms with Crippen molar-refractivity contribution in [2.24, 2.45) is 0 Å². The van der Waals surface area contributed by atoms with Crippen LogP contribution in [0.25, 0.3) is 27.1 Å². The van der Waals surface area contributed by atoms with Crippen LogP contribution in [0.3, 0.4) is 0 Å². The number of nitrogens with zero attached hydrogens (tertiary/aromatic N) is 3. The van der Waals surface area contributed by atoms with E-state index >= 15 is 0 Å².